The van der Waals surface area contributed by atoms with E-state index in [1.807, 2.05) is 19.1 Å². The van der Waals surface area contributed by atoms with Crippen LogP contribution in [0.25, 0.3) is 11.1 Å². The highest BCUT2D eigenvalue weighted by Crippen LogP contribution is 2.30. The van der Waals surface area contributed by atoms with Gasteiger partial charge >= 0.3 is 5.97 Å². The summed E-state index contributed by atoms with van der Waals surface area (Å²) >= 11 is 5.90. The lowest BCUT2D eigenvalue weighted by molar-refractivity contribution is 0.0521. The summed E-state index contributed by atoms with van der Waals surface area (Å²) < 4.78 is 19.3. The third-order valence-electron chi connectivity index (χ3n) is 2.93. The van der Waals surface area contributed by atoms with Crippen LogP contribution in [-0.2, 0) is 4.74 Å². The lowest BCUT2D eigenvalue weighted by Crippen LogP contribution is -2.09. The van der Waals surface area contributed by atoms with E-state index in [9.17, 15) is 9.18 Å². The Labute approximate surface area is 122 Å². The molecule has 0 bridgehead atoms. The molecule has 0 aliphatic rings. The smallest absolute Gasteiger partial charge is 0.342 e. The van der Waals surface area contributed by atoms with Crippen molar-refractivity contribution in [2.24, 2.45) is 0 Å². The topological polar surface area (TPSA) is 26.3 Å². The molecule has 0 aliphatic carbocycles. The molecule has 0 aliphatic heterocycles. The minimum Gasteiger partial charge on any atom is -0.462 e. The molecule has 0 saturated carbocycles. The molecule has 0 atom stereocenters. The number of aryl methyl sites for hydroxylation is 1. The fourth-order valence-electron chi connectivity index (χ4n) is 1.90. The number of hydrogen-bond donors (Lipinski definition) is 0. The van der Waals surface area contributed by atoms with Gasteiger partial charge in [-0.1, -0.05) is 41.4 Å². The quantitative estimate of drug-likeness (QED) is 0.771. The lowest BCUT2D eigenvalue weighted by Gasteiger charge is -2.10. The summed E-state index contributed by atoms with van der Waals surface area (Å²) in [7, 11) is 0. The zero-order valence-corrected chi connectivity index (χ0v) is 12.0. The Kier molecular flexibility index (Phi) is 4.40. The Hall–Kier alpha value is -1.87. The van der Waals surface area contributed by atoms with Crippen LogP contribution in [0.5, 0.6) is 0 Å². The molecule has 0 unspecified atom stereocenters. The monoisotopic (exact) mass is 292 g/mol. The average Bonchev–Trinajstić information content (AvgIpc) is 2.41. The minimum absolute atomic E-state index is 0.0526. The van der Waals surface area contributed by atoms with Crippen LogP contribution >= 0.6 is 11.6 Å². The molecule has 4 heteroatoms. The van der Waals surface area contributed by atoms with Crippen LogP contribution in [0.1, 0.15) is 22.8 Å². The van der Waals surface area contributed by atoms with Gasteiger partial charge in [0.25, 0.3) is 0 Å². The molecule has 0 fully saturated rings. The van der Waals surface area contributed by atoms with Gasteiger partial charge in [-0.25, -0.2) is 9.18 Å². The van der Waals surface area contributed by atoms with Gasteiger partial charge in [-0.2, -0.15) is 0 Å². The van der Waals surface area contributed by atoms with Crippen LogP contribution in [0.4, 0.5) is 4.39 Å². The van der Waals surface area contributed by atoms with Gasteiger partial charge in [-0.3, -0.25) is 0 Å². The molecule has 2 nitrogen and oxygen atoms in total. The summed E-state index contributed by atoms with van der Waals surface area (Å²) in [5.74, 6) is -1.40. The summed E-state index contributed by atoms with van der Waals surface area (Å²) in [6, 6.07) is 10.4. The third-order valence-corrected chi connectivity index (χ3v) is 3.25. The summed E-state index contributed by atoms with van der Waals surface area (Å²) in [5, 5.41) is 0.0526. The van der Waals surface area contributed by atoms with Crippen LogP contribution in [0.3, 0.4) is 0 Å². The molecule has 20 heavy (non-hydrogen) atoms. The number of halogens is 2. The number of ether oxygens (including phenoxy) is 1. The van der Waals surface area contributed by atoms with E-state index in [2.05, 4.69) is 0 Å². The summed E-state index contributed by atoms with van der Waals surface area (Å²) in [4.78, 5) is 11.8. The van der Waals surface area contributed by atoms with E-state index in [1.165, 1.54) is 6.07 Å². The molecule has 0 radical (unpaired) electrons. The van der Waals surface area contributed by atoms with E-state index < -0.39 is 11.8 Å². The van der Waals surface area contributed by atoms with Crippen molar-refractivity contribution in [3.63, 3.8) is 0 Å². The maximum atomic E-state index is 14.5. The van der Waals surface area contributed by atoms with Crippen molar-refractivity contribution in [1.29, 1.82) is 0 Å². The molecule has 0 aromatic heterocycles. The molecule has 0 saturated heterocycles. The molecule has 2 rings (SSSR count). The van der Waals surface area contributed by atoms with Crippen LogP contribution in [0, 0.1) is 12.7 Å². The Morgan fingerprint density at radius 1 is 1.20 bits per heavy atom. The standard InChI is InChI=1S/C16H14ClFO2/c1-3-20-16(19)14-13(17)9-8-12(15(14)18)11-6-4-10(2)5-7-11/h4-9H,3H2,1-2H3. The molecular weight excluding hydrogens is 279 g/mol. The number of esters is 1. The Balaban J connectivity index is 2.53. The number of rotatable bonds is 3. The highest BCUT2D eigenvalue weighted by molar-refractivity contribution is 6.33. The molecule has 0 heterocycles. The predicted molar refractivity (Wildman–Crippen MR) is 77.5 cm³/mol. The van der Waals surface area contributed by atoms with Crippen LogP contribution < -0.4 is 0 Å². The molecule has 2 aromatic carbocycles. The maximum absolute atomic E-state index is 14.5. The molecule has 2 aromatic rings. The first kappa shape index (κ1) is 14.5. The van der Waals surface area contributed by atoms with E-state index >= 15 is 0 Å². The normalized spacial score (nSPS) is 10.4. The minimum atomic E-state index is -0.746. The largest absolute Gasteiger partial charge is 0.462 e. The summed E-state index contributed by atoms with van der Waals surface area (Å²) in [6.07, 6.45) is 0. The van der Waals surface area contributed by atoms with Gasteiger partial charge in [0, 0.05) is 5.56 Å². The zero-order chi connectivity index (χ0) is 14.7. The third kappa shape index (κ3) is 2.83. The first-order valence-corrected chi connectivity index (χ1v) is 6.64. The number of benzene rings is 2. The van der Waals surface area contributed by atoms with Gasteiger partial charge in [0.1, 0.15) is 11.4 Å². The zero-order valence-electron chi connectivity index (χ0n) is 11.2. The van der Waals surface area contributed by atoms with Gasteiger partial charge in [-0.05, 0) is 31.5 Å². The van der Waals surface area contributed by atoms with Crippen molar-refractivity contribution in [3.8, 4) is 11.1 Å². The van der Waals surface area contributed by atoms with Gasteiger partial charge in [0.2, 0.25) is 0 Å². The van der Waals surface area contributed by atoms with Crippen molar-refractivity contribution < 1.29 is 13.9 Å². The number of carbonyl (C=O) groups is 1. The number of carbonyl (C=O) groups excluding carboxylic acids is 1. The molecular formula is C16H14ClFO2. The van der Waals surface area contributed by atoms with E-state index in [4.69, 9.17) is 16.3 Å². The van der Waals surface area contributed by atoms with E-state index in [0.29, 0.717) is 11.1 Å². The van der Waals surface area contributed by atoms with Crippen molar-refractivity contribution in [3.05, 3.63) is 58.4 Å². The first-order valence-electron chi connectivity index (χ1n) is 6.26. The van der Waals surface area contributed by atoms with Gasteiger partial charge in [-0.15, -0.1) is 0 Å². The predicted octanol–water partition coefficient (Wildman–Crippen LogP) is 4.63. The second-order valence-electron chi connectivity index (χ2n) is 4.37. The van der Waals surface area contributed by atoms with E-state index in [1.54, 1.807) is 25.1 Å². The Morgan fingerprint density at radius 2 is 1.85 bits per heavy atom. The Morgan fingerprint density at radius 3 is 2.45 bits per heavy atom. The van der Waals surface area contributed by atoms with Crippen molar-refractivity contribution >= 4 is 17.6 Å². The van der Waals surface area contributed by atoms with Gasteiger partial charge < -0.3 is 4.74 Å². The van der Waals surface area contributed by atoms with Crippen LogP contribution in [0.2, 0.25) is 5.02 Å². The van der Waals surface area contributed by atoms with E-state index in [-0.39, 0.29) is 17.2 Å². The van der Waals surface area contributed by atoms with Crippen molar-refractivity contribution in [2.45, 2.75) is 13.8 Å². The molecule has 0 amide bonds. The lowest BCUT2D eigenvalue weighted by atomic mass is 10.0. The first-order chi connectivity index (χ1) is 9.54. The Bertz CT molecular complexity index is 636. The number of hydrogen-bond acceptors (Lipinski definition) is 2. The van der Waals surface area contributed by atoms with Crippen LogP contribution in [0.15, 0.2) is 36.4 Å². The van der Waals surface area contributed by atoms with Crippen LogP contribution in [-0.4, -0.2) is 12.6 Å². The summed E-state index contributed by atoms with van der Waals surface area (Å²) in [6.45, 7) is 3.78. The fourth-order valence-corrected chi connectivity index (χ4v) is 2.12. The molecule has 104 valence electrons. The second-order valence-corrected chi connectivity index (χ2v) is 4.78. The second kappa shape index (κ2) is 6.06. The van der Waals surface area contributed by atoms with Gasteiger partial charge in [0.05, 0.1) is 11.6 Å². The average molecular weight is 293 g/mol. The maximum Gasteiger partial charge on any atom is 0.342 e. The highest BCUT2D eigenvalue weighted by Gasteiger charge is 2.21. The van der Waals surface area contributed by atoms with E-state index in [0.717, 1.165) is 5.56 Å². The SMILES string of the molecule is CCOC(=O)c1c(Cl)ccc(-c2ccc(C)cc2)c1F. The molecule has 0 N–H and O–H groups in total. The highest BCUT2D eigenvalue weighted by atomic mass is 35.5. The summed E-state index contributed by atoms with van der Waals surface area (Å²) in [5.41, 5.74) is 1.88. The fraction of sp³-hybridized carbons (Fsp3) is 0.188. The van der Waals surface area contributed by atoms with Crippen molar-refractivity contribution in [1.82, 2.24) is 0 Å². The molecule has 0 spiro atoms. The van der Waals surface area contributed by atoms with Gasteiger partial charge in [0.15, 0.2) is 0 Å². The van der Waals surface area contributed by atoms with Crippen molar-refractivity contribution in [2.75, 3.05) is 6.61 Å².